The molecule has 100 valence electrons. The first-order chi connectivity index (χ1) is 7.45. The number of halogens is 1. The monoisotopic (exact) mass is 234 g/mol. The Bertz CT molecular complexity index is 145. The summed E-state index contributed by atoms with van der Waals surface area (Å²) >= 11 is 0. The maximum Gasteiger partial charge on any atom is 0.0462 e. The van der Waals surface area contributed by atoms with E-state index >= 15 is 0 Å². The van der Waals surface area contributed by atoms with Gasteiger partial charge < -0.3 is 4.90 Å². The topological polar surface area (TPSA) is 6.48 Å². The molecule has 16 heavy (non-hydrogen) atoms. The molecule has 0 aliphatic rings. The Labute approximate surface area is 102 Å². The van der Waals surface area contributed by atoms with Crippen LogP contribution in [0.5, 0.6) is 0 Å². The minimum absolute atomic E-state index is 0.419. The molecule has 0 bridgehead atoms. The van der Waals surface area contributed by atoms with E-state index in [4.69, 9.17) is 0 Å². The SMILES string of the molecule is C=C(C(C)C)N(C)CCN(C)F.CC.CC. The lowest BCUT2D eigenvalue weighted by Gasteiger charge is -2.24. The predicted molar refractivity (Wildman–Crippen MR) is 73.0 cm³/mol. The van der Waals surface area contributed by atoms with Crippen LogP contribution in [0, 0.1) is 5.92 Å². The van der Waals surface area contributed by atoms with Crippen molar-refractivity contribution >= 4 is 0 Å². The fourth-order valence-corrected chi connectivity index (χ4v) is 0.872. The van der Waals surface area contributed by atoms with Crippen LogP contribution in [0.2, 0.25) is 0 Å². The molecule has 0 unspecified atom stereocenters. The molecule has 0 N–H and O–H groups in total. The molecule has 0 rings (SSSR count). The molecule has 0 heterocycles. The molecule has 0 fully saturated rings. The number of rotatable bonds is 5. The van der Waals surface area contributed by atoms with Crippen molar-refractivity contribution in [2.24, 2.45) is 5.92 Å². The summed E-state index contributed by atoms with van der Waals surface area (Å²) in [5, 5.41) is 0.685. The molecule has 0 radical (unpaired) electrons. The molecule has 0 aliphatic carbocycles. The summed E-state index contributed by atoms with van der Waals surface area (Å²) in [4.78, 5) is 1.99. The van der Waals surface area contributed by atoms with Crippen LogP contribution >= 0.6 is 0 Å². The fourth-order valence-electron chi connectivity index (χ4n) is 0.872. The molecule has 0 aromatic rings. The summed E-state index contributed by atoms with van der Waals surface area (Å²) in [5.41, 5.74) is 1.05. The number of allylic oxidation sites excluding steroid dienone is 1. The largest absolute Gasteiger partial charge is 0.377 e. The van der Waals surface area contributed by atoms with E-state index < -0.39 is 0 Å². The molecule has 0 aromatic carbocycles. The average Bonchev–Trinajstić information content (AvgIpc) is 2.30. The summed E-state index contributed by atoms with van der Waals surface area (Å²) < 4.78 is 12.3. The van der Waals surface area contributed by atoms with Crippen LogP contribution in [0.15, 0.2) is 12.3 Å². The van der Waals surface area contributed by atoms with Gasteiger partial charge in [0.25, 0.3) is 0 Å². The third-order valence-electron chi connectivity index (χ3n) is 1.90. The third-order valence-corrected chi connectivity index (χ3v) is 1.90. The van der Waals surface area contributed by atoms with E-state index in [0.29, 0.717) is 24.1 Å². The van der Waals surface area contributed by atoms with Gasteiger partial charge in [0.15, 0.2) is 0 Å². The van der Waals surface area contributed by atoms with Gasteiger partial charge >= 0.3 is 0 Å². The third kappa shape index (κ3) is 13.4. The van der Waals surface area contributed by atoms with Gasteiger partial charge in [-0.3, -0.25) is 0 Å². The number of hydrogen-bond acceptors (Lipinski definition) is 2. The first-order valence-electron chi connectivity index (χ1n) is 6.22. The van der Waals surface area contributed by atoms with Crippen molar-refractivity contribution in [3.63, 3.8) is 0 Å². The van der Waals surface area contributed by atoms with Gasteiger partial charge in [-0.15, -0.1) is 9.60 Å². The zero-order valence-electron chi connectivity index (χ0n) is 12.5. The quantitative estimate of drug-likeness (QED) is 0.664. The molecule has 2 nitrogen and oxygen atoms in total. The smallest absolute Gasteiger partial charge is 0.0462 e. The van der Waals surface area contributed by atoms with Crippen molar-refractivity contribution in [2.45, 2.75) is 41.5 Å². The second-order valence-electron chi connectivity index (χ2n) is 3.40. The molecule has 0 spiro atoms. The van der Waals surface area contributed by atoms with Gasteiger partial charge in [-0.25, -0.2) is 0 Å². The summed E-state index contributed by atoms with van der Waals surface area (Å²) in [6.07, 6.45) is 0. The molecule has 0 aliphatic heterocycles. The molecule has 0 atom stereocenters. The lowest BCUT2D eigenvalue weighted by molar-refractivity contribution is 0.0527. The van der Waals surface area contributed by atoms with Crippen LogP contribution < -0.4 is 0 Å². The van der Waals surface area contributed by atoms with E-state index in [1.807, 2.05) is 39.6 Å². The van der Waals surface area contributed by atoms with E-state index in [1.165, 1.54) is 7.05 Å². The highest BCUT2D eigenvalue weighted by atomic mass is 19.2. The lowest BCUT2D eigenvalue weighted by Crippen LogP contribution is -2.27. The van der Waals surface area contributed by atoms with Gasteiger partial charge in [0.1, 0.15) is 0 Å². The Morgan fingerprint density at radius 3 is 1.69 bits per heavy atom. The summed E-state index contributed by atoms with van der Waals surface area (Å²) in [6.45, 7) is 17.2. The summed E-state index contributed by atoms with van der Waals surface area (Å²) in [7, 11) is 3.36. The second kappa shape index (κ2) is 14.4. The standard InChI is InChI=1S/C9H19FN2.2C2H6/c1-8(2)9(3)11(4)6-7-12(5)10;2*1-2/h8H,3,6-7H2,1-2,4-5H3;2*1-2H3. The fraction of sp³-hybridized carbons (Fsp3) is 0.846. The molecule has 3 heteroatoms. The minimum atomic E-state index is 0.419. The van der Waals surface area contributed by atoms with Crippen molar-refractivity contribution in [3.8, 4) is 0 Å². The average molecular weight is 234 g/mol. The Kier molecular flexibility index (Phi) is 18.8. The number of likely N-dealkylation sites (N-methyl/N-ethyl adjacent to an activating group) is 2. The first-order valence-corrected chi connectivity index (χ1v) is 6.22. The van der Waals surface area contributed by atoms with Crippen LogP contribution in [-0.2, 0) is 0 Å². The van der Waals surface area contributed by atoms with Crippen LogP contribution in [0.3, 0.4) is 0 Å². The first kappa shape index (κ1) is 20.8. The molecular formula is C13H31FN2. The van der Waals surface area contributed by atoms with Gasteiger partial charge in [0.05, 0.1) is 0 Å². The highest BCUT2D eigenvalue weighted by molar-refractivity contribution is 4.95. The highest BCUT2D eigenvalue weighted by Crippen LogP contribution is 2.09. The zero-order chi connectivity index (χ0) is 13.7. The van der Waals surface area contributed by atoms with E-state index in [2.05, 4.69) is 20.4 Å². The minimum Gasteiger partial charge on any atom is -0.377 e. The van der Waals surface area contributed by atoms with Crippen molar-refractivity contribution in [1.82, 2.24) is 10.0 Å². The molecule has 0 aromatic heterocycles. The van der Waals surface area contributed by atoms with E-state index in [0.717, 1.165) is 5.70 Å². The van der Waals surface area contributed by atoms with E-state index in [1.54, 1.807) is 0 Å². The van der Waals surface area contributed by atoms with Crippen molar-refractivity contribution in [3.05, 3.63) is 12.3 Å². The van der Waals surface area contributed by atoms with Crippen LogP contribution in [-0.4, -0.2) is 37.2 Å². The van der Waals surface area contributed by atoms with Crippen molar-refractivity contribution in [2.75, 3.05) is 27.2 Å². The zero-order valence-corrected chi connectivity index (χ0v) is 12.5. The number of nitrogens with zero attached hydrogens (tertiary/aromatic N) is 2. The number of hydrogen-bond donors (Lipinski definition) is 0. The predicted octanol–water partition coefficient (Wildman–Crippen LogP) is 3.96. The van der Waals surface area contributed by atoms with E-state index in [-0.39, 0.29) is 0 Å². The summed E-state index contributed by atoms with van der Waals surface area (Å²) in [6, 6.07) is 0. The van der Waals surface area contributed by atoms with Gasteiger partial charge in [0.2, 0.25) is 0 Å². The lowest BCUT2D eigenvalue weighted by atomic mass is 10.1. The molecule has 0 saturated carbocycles. The van der Waals surface area contributed by atoms with E-state index in [9.17, 15) is 4.48 Å². The van der Waals surface area contributed by atoms with Gasteiger partial charge in [0, 0.05) is 32.9 Å². The van der Waals surface area contributed by atoms with Crippen LogP contribution in [0.25, 0.3) is 0 Å². The highest BCUT2D eigenvalue weighted by Gasteiger charge is 2.06. The van der Waals surface area contributed by atoms with Crippen LogP contribution in [0.1, 0.15) is 41.5 Å². The maximum atomic E-state index is 12.3. The van der Waals surface area contributed by atoms with Gasteiger partial charge in [-0.2, -0.15) is 0 Å². The normalized spacial score (nSPS) is 8.94. The Morgan fingerprint density at radius 1 is 1.06 bits per heavy atom. The summed E-state index contributed by atoms with van der Waals surface area (Å²) in [5.74, 6) is 0.430. The molecule has 0 amide bonds. The molecular weight excluding hydrogens is 203 g/mol. The Balaban J connectivity index is -0.000000376. The van der Waals surface area contributed by atoms with Gasteiger partial charge in [-0.1, -0.05) is 48.1 Å². The van der Waals surface area contributed by atoms with Crippen molar-refractivity contribution < 1.29 is 4.48 Å². The Morgan fingerprint density at radius 2 is 1.44 bits per heavy atom. The maximum absolute atomic E-state index is 12.3. The van der Waals surface area contributed by atoms with Crippen LogP contribution in [0.4, 0.5) is 4.48 Å². The second-order valence-corrected chi connectivity index (χ2v) is 3.40. The van der Waals surface area contributed by atoms with Gasteiger partial charge in [-0.05, 0) is 5.92 Å². The molecule has 0 saturated heterocycles. The Hall–Kier alpha value is -0.570. The van der Waals surface area contributed by atoms with Crippen molar-refractivity contribution in [1.29, 1.82) is 0 Å².